The zero-order valence-electron chi connectivity index (χ0n) is 7.06. The van der Waals surface area contributed by atoms with Crippen molar-refractivity contribution in [3.05, 3.63) is 37.1 Å². The molecule has 0 saturated carbocycles. The first-order valence-corrected chi connectivity index (χ1v) is 9.30. The van der Waals surface area contributed by atoms with Gasteiger partial charge >= 0.3 is 92.1 Å². The van der Waals surface area contributed by atoms with Gasteiger partial charge in [0.15, 0.2) is 0 Å². The molecule has 13 heavy (non-hydrogen) atoms. The van der Waals surface area contributed by atoms with Crippen LogP contribution < -0.4 is 4.57 Å². The Kier molecular flexibility index (Phi) is 4.94. The van der Waals surface area contributed by atoms with Gasteiger partial charge in [-0.3, -0.25) is 0 Å². The van der Waals surface area contributed by atoms with E-state index in [1.807, 2.05) is 27.5 Å². The third-order valence-corrected chi connectivity index (χ3v) is 3.98. The number of aromatic nitrogens is 1. The van der Waals surface area contributed by atoms with E-state index in [4.69, 9.17) is 19.4 Å². The number of hydrogen-bond acceptors (Lipinski definition) is 0. The molecule has 1 rings (SSSR count). The van der Waals surface area contributed by atoms with Crippen LogP contribution in [0.4, 0.5) is 0 Å². The van der Waals surface area contributed by atoms with Crippen molar-refractivity contribution in [2.45, 2.75) is 12.8 Å². The predicted octanol–water partition coefficient (Wildman–Crippen LogP) is 2.27. The van der Waals surface area contributed by atoms with E-state index in [2.05, 4.69) is 13.1 Å². The summed E-state index contributed by atoms with van der Waals surface area (Å²) >= 11 is -1.57. The van der Waals surface area contributed by atoms with Crippen LogP contribution in [-0.4, -0.2) is 4.61 Å². The van der Waals surface area contributed by atoms with Gasteiger partial charge in [0, 0.05) is 0 Å². The fourth-order valence-electron chi connectivity index (χ4n) is 1.01. The van der Waals surface area contributed by atoms with Crippen molar-refractivity contribution in [3.63, 3.8) is 0 Å². The molecule has 1 aromatic heterocycles. The average Bonchev–Trinajstić information content (AvgIpc) is 2.08. The van der Waals surface area contributed by atoms with E-state index in [9.17, 15) is 0 Å². The molecular formula is C9H11Cl2NRu. The second-order valence-electron chi connectivity index (χ2n) is 2.55. The van der Waals surface area contributed by atoms with Crippen LogP contribution in [0.5, 0.6) is 0 Å². The van der Waals surface area contributed by atoms with Crippen LogP contribution in [0, 0.1) is 7.05 Å². The Morgan fingerprint density at radius 3 is 2.85 bits per heavy atom. The molecule has 0 amide bonds. The second-order valence-corrected chi connectivity index (χ2v) is 8.48. The van der Waals surface area contributed by atoms with Gasteiger partial charge in [0.05, 0.1) is 0 Å². The van der Waals surface area contributed by atoms with Gasteiger partial charge in [-0.15, -0.1) is 0 Å². The molecule has 74 valence electrons. The molecule has 0 aliphatic carbocycles. The molecule has 0 aliphatic heterocycles. The summed E-state index contributed by atoms with van der Waals surface area (Å²) in [6.45, 7) is 0. The van der Waals surface area contributed by atoms with Gasteiger partial charge in [0.25, 0.3) is 0 Å². The second kappa shape index (κ2) is 5.75. The molecule has 0 fully saturated rings. The molecule has 0 unspecified atom stereocenters. The summed E-state index contributed by atoms with van der Waals surface area (Å²) in [5.41, 5.74) is 1.20. The summed E-state index contributed by atoms with van der Waals surface area (Å²) in [6.07, 6.45) is 3.83. The standard InChI is InChI=1S/C9H11N.2ClH.Ru/c1-3-6-9-7-4-5-8-10(9)2;;;/h1,4-5,7-8H,2-3,6H2;2*1H;/q;;;+2/p-2. The first kappa shape index (κ1) is 11.2. The van der Waals surface area contributed by atoms with Crippen LogP contribution in [0.15, 0.2) is 24.4 Å². The number of aryl methyl sites for hydroxylation is 1. The van der Waals surface area contributed by atoms with Crippen LogP contribution >= 0.6 is 19.4 Å². The van der Waals surface area contributed by atoms with Crippen molar-refractivity contribution in [2.24, 2.45) is 0 Å². The zero-order chi connectivity index (χ0) is 9.68. The first-order chi connectivity index (χ1) is 6.20. The molecule has 0 N–H and O–H groups in total. The van der Waals surface area contributed by atoms with Crippen LogP contribution in [0.3, 0.4) is 0 Å². The Hall–Kier alpha value is 0.0934. The average molecular weight is 305 g/mol. The summed E-state index contributed by atoms with van der Waals surface area (Å²) in [6, 6.07) is 6.02. The third kappa shape index (κ3) is 4.22. The molecule has 4 heteroatoms. The van der Waals surface area contributed by atoms with E-state index < -0.39 is 13.5 Å². The number of halogens is 2. The summed E-state index contributed by atoms with van der Waals surface area (Å²) in [5.74, 6) is 0. The molecule has 0 aromatic carbocycles. The Balaban J connectivity index is 2.55. The van der Waals surface area contributed by atoms with Crippen LogP contribution in [0.25, 0.3) is 0 Å². The molecule has 0 aliphatic rings. The first-order valence-electron chi connectivity index (χ1n) is 3.82. The van der Waals surface area contributed by atoms with E-state index in [0.717, 1.165) is 12.8 Å². The van der Waals surface area contributed by atoms with Gasteiger partial charge in [-0.1, -0.05) is 0 Å². The molecule has 1 heterocycles. The number of nitrogens with zero attached hydrogens (tertiary/aromatic N) is 1. The summed E-state index contributed by atoms with van der Waals surface area (Å²) < 4.78 is 3.88. The molecule has 1 nitrogen and oxygen atoms in total. The van der Waals surface area contributed by atoms with E-state index in [0.29, 0.717) is 0 Å². The van der Waals surface area contributed by atoms with E-state index in [-0.39, 0.29) is 0 Å². The minimum atomic E-state index is -1.57. The van der Waals surface area contributed by atoms with Gasteiger partial charge in [0.2, 0.25) is 0 Å². The van der Waals surface area contributed by atoms with Gasteiger partial charge < -0.3 is 0 Å². The van der Waals surface area contributed by atoms with Crippen molar-refractivity contribution in [1.82, 2.24) is 0 Å². The molecule has 0 saturated heterocycles. The molecule has 0 radical (unpaired) electrons. The van der Waals surface area contributed by atoms with Crippen LogP contribution in [0.1, 0.15) is 12.1 Å². The van der Waals surface area contributed by atoms with Crippen molar-refractivity contribution in [1.29, 1.82) is 0 Å². The third-order valence-electron chi connectivity index (χ3n) is 1.65. The van der Waals surface area contributed by atoms with Crippen molar-refractivity contribution < 1.29 is 18.1 Å². The zero-order valence-corrected chi connectivity index (χ0v) is 10.3. The van der Waals surface area contributed by atoms with E-state index in [1.54, 1.807) is 0 Å². The Bertz CT molecular complexity index is 308. The fourth-order valence-corrected chi connectivity index (χ4v) is 2.56. The van der Waals surface area contributed by atoms with Crippen molar-refractivity contribution >= 4 is 24.0 Å². The monoisotopic (exact) mass is 305 g/mol. The van der Waals surface area contributed by atoms with Gasteiger partial charge in [-0.2, -0.15) is 0 Å². The molecule has 0 bridgehead atoms. The predicted molar refractivity (Wildman–Crippen MR) is 53.5 cm³/mol. The van der Waals surface area contributed by atoms with Gasteiger partial charge in [0.1, 0.15) is 0 Å². The van der Waals surface area contributed by atoms with Gasteiger partial charge in [-0.05, 0) is 0 Å². The van der Waals surface area contributed by atoms with E-state index >= 15 is 0 Å². The van der Waals surface area contributed by atoms with Crippen LogP contribution in [0.2, 0.25) is 0 Å². The normalized spacial score (nSPS) is 11.1. The SMILES string of the molecule is [CH2-][n+]1ccccc1CC[CH]=[Ru]([Cl])[Cl]. The summed E-state index contributed by atoms with van der Waals surface area (Å²) in [5, 5.41) is 0. The Morgan fingerprint density at radius 2 is 2.23 bits per heavy atom. The molecule has 1 aromatic rings. The summed E-state index contributed by atoms with van der Waals surface area (Å²) in [4.78, 5) is 0. The number of hydrogen-bond donors (Lipinski definition) is 0. The summed E-state index contributed by atoms with van der Waals surface area (Å²) in [7, 11) is 15.3. The van der Waals surface area contributed by atoms with Gasteiger partial charge in [-0.25, -0.2) is 0 Å². The molecule has 0 atom stereocenters. The molecule has 0 spiro atoms. The quantitative estimate of drug-likeness (QED) is 0.458. The topological polar surface area (TPSA) is 3.88 Å². The maximum atomic E-state index is 5.71. The Morgan fingerprint density at radius 1 is 1.46 bits per heavy atom. The van der Waals surface area contributed by atoms with Crippen molar-refractivity contribution in [3.8, 4) is 0 Å². The van der Waals surface area contributed by atoms with E-state index in [1.165, 1.54) is 5.69 Å². The molecular weight excluding hydrogens is 294 g/mol. The van der Waals surface area contributed by atoms with Crippen LogP contribution in [-0.2, 0) is 19.9 Å². The fraction of sp³-hybridized carbons (Fsp3) is 0.222. The minimum absolute atomic E-state index is 0.936. The maximum absolute atomic E-state index is 5.71. The van der Waals surface area contributed by atoms with Crippen molar-refractivity contribution in [2.75, 3.05) is 0 Å². The Labute approximate surface area is 91.8 Å². The number of rotatable bonds is 3. The number of pyridine rings is 1.